The quantitative estimate of drug-likeness (QED) is 0.762. The molecule has 0 aliphatic carbocycles. The first-order valence-electron chi connectivity index (χ1n) is 5.34. The topological polar surface area (TPSA) is 41.6 Å². The summed E-state index contributed by atoms with van der Waals surface area (Å²) >= 11 is 6.14. The fourth-order valence-corrected chi connectivity index (χ4v) is 2.02. The maximum absolute atomic E-state index is 9.15. The molecule has 1 unspecified atom stereocenters. The van der Waals surface area contributed by atoms with E-state index in [9.17, 15) is 0 Å². The number of alkyl halides is 1. The van der Waals surface area contributed by atoms with E-state index in [0.717, 1.165) is 11.4 Å². The highest BCUT2D eigenvalue weighted by molar-refractivity contribution is 6.20. The van der Waals surface area contributed by atoms with Gasteiger partial charge in [-0.25, -0.2) is 4.68 Å². The maximum atomic E-state index is 9.15. The van der Waals surface area contributed by atoms with Gasteiger partial charge in [0.2, 0.25) is 0 Å². The van der Waals surface area contributed by atoms with Crippen LogP contribution in [-0.4, -0.2) is 9.78 Å². The van der Waals surface area contributed by atoms with Crippen LogP contribution >= 0.6 is 11.6 Å². The molecule has 1 atom stereocenters. The highest BCUT2D eigenvalue weighted by Gasteiger charge is 2.19. The van der Waals surface area contributed by atoms with Gasteiger partial charge in [-0.3, -0.25) is 0 Å². The van der Waals surface area contributed by atoms with Gasteiger partial charge in [-0.05, 0) is 26.0 Å². The van der Waals surface area contributed by atoms with E-state index in [1.807, 2.05) is 44.2 Å². The van der Waals surface area contributed by atoms with Gasteiger partial charge in [0.25, 0.3) is 0 Å². The fourth-order valence-electron chi connectivity index (χ4n) is 1.82. The molecular weight excluding hydrogens is 234 g/mol. The third kappa shape index (κ3) is 2.04. The summed E-state index contributed by atoms with van der Waals surface area (Å²) in [6.45, 7) is 3.67. The second kappa shape index (κ2) is 4.60. The van der Waals surface area contributed by atoms with Crippen molar-refractivity contribution in [1.82, 2.24) is 9.78 Å². The van der Waals surface area contributed by atoms with Crippen molar-refractivity contribution in [3.8, 4) is 11.8 Å². The molecule has 17 heavy (non-hydrogen) atoms. The Hall–Kier alpha value is -1.79. The van der Waals surface area contributed by atoms with E-state index in [1.54, 1.807) is 4.68 Å². The lowest BCUT2D eigenvalue weighted by Gasteiger charge is -2.08. The van der Waals surface area contributed by atoms with Crippen molar-refractivity contribution in [1.29, 1.82) is 5.26 Å². The molecule has 0 N–H and O–H groups in total. The smallest absolute Gasteiger partial charge is 0.103 e. The van der Waals surface area contributed by atoms with Crippen molar-refractivity contribution in [2.24, 2.45) is 0 Å². The summed E-state index contributed by atoms with van der Waals surface area (Å²) in [4.78, 5) is 0. The summed E-state index contributed by atoms with van der Waals surface area (Å²) in [6, 6.07) is 11.9. The number of aromatic nitrogens is 2. The average molecular weight is 246 g/mol. The second-order valence-electron chi connectivity index (χ2n) is 3.82. The van der Waals surface area contributed by atoms with Crippen LogP contribution in [0.3, 0.4) is 0 Å². The largest absolute Gasteiger partial charge is 0.235 e. The highest BCUT2D eigenvalue weighted by atomic mass is 35.5. The Bertz CT molecular complexity index is 564. The van der Waals surface area contributed by atoms with E-state index in [0.29, 0.717) is 11.3 Å². The second-order valence-corrected chi connectivity index (χ2v) is 4.48. The molecule has 0 spiro atoms. The first kappa shape index (κ1) is 11.7. The number of hydrogen-bond donors (Lipinski definition) is 0. The minimum absolute atomic E-state index is 0.258. The van der Waals surface area contributed by atoms with Gasteiger partial charge in [-0.1, -0.05) is 18.2 Å². The normalized spacial score (nSPS) is 12.1. The van der Waals surface area contributed by atoms with Gasteiger partial charge in [0.15, 0.2) is 0 Å². The molecule has 0 fully saturated rings. The fraction of sp³-hybridized carbons (Fsp3) is 0.231. The highest BCUT2D eigenvalue weighted by Crippen LogP contribution is 2.27. The lowest BCUT2D eigenvalue weighted by molar-refractivity contribution is 0.794. The first-order valence-corrected chi connectivity index (χ1v) is 5.78. The molecule has 4 heteroatoms. The third-order valence-electron chi connectivity index (χ3n) is 2.59. The van der Waals surface area contributed by atoms with E-state index < -0.39 is 0 Å². The van der Waals surface area contributed by atoms with Gasteiger partial charge >= 0.3 is 0 Å². The first-order chi connectivity index (χ1) is 8.15. The van der Waals surface area contributed by atoms with Crippen LogP contribution in [0.25, 0.3) is 5.69 Å². The molecule has 0 radical (unpaired) electrons. The molecule has 2 rings (SSSR count). The Balaban J connectivity index is 2.68. The van der Waals surface area contributed by atoms with Gasteiger partial charge < -0.3 is 0 Å². The maximum Gasteiger partial charge on any atom is 0.103 e. The molecule has 1 aromatic heterocycles. The predicted octanol–water partition coefficient (Wildman–Crippen LogP) is 3.35. The standard InChI is InChI=1S/C13H12ClN3/c1-9(14)13-12(8-15)10(2)16-17(13)11-6-4-3-5-7-11/h3-7,9H,1-2H3. The number of benzene rings is 1. The molecule has 0 bridgehead atoms. The van der Waals surface area contributed by atoms with Crippen molar-refractivity contribution < 1.29 is 0 Å². The van der Waals surface area contributed by atoms with Crippen LogP contribution in [-0.2, 0) is 0 Å². The van der Waals surface area contributed by atoms with Crippen molar-refractivity contribution >= 4 is 11.6 Å². The summed E-state index contributed by atoms with van der Waals surface area (Å²) in [5, 5.41) is 13.3. The van der Waals surface area contributed by atoms with E-state index in [4.69, 9.17) is 16.9 Å². The summed E-state index contributed by atoms with van der Waals surface area (Å²) < 4.78 is 1.74. The minimum atomic E-state index is -0.258. The van der Waals surface area contributed by atoms with Gasteiger partial charge in [-0.2, -0.15) is 10.4 Å². The Labute approximate surface area is 105 Å². The van der Waals surface area contributed by atoms with Crippen molar-refractivity contribution in [3.63, 3.8) is 0 Å². The average Bonchev–Trinajstić information content (AvgIpc) is 2.67. The molecule has 1 heterocycles. The number of hydrogen-bond acceptors (Lipinski definition) is 2. The summed E-state index contributed by atoms with van der Waals surface area (Å²) in [7, 11) is 0. The molecule has 0 saturated heterocycles. The van der Waals surface area contributed by atoms with Crippen LogP contribution in [0.2, 0.25) is 0 Å². The van der Waals surface area contributed by atoms with Crippen LogP contribution in [0.15, 0.2) is 30.3 Å². The zero-order valence-corrected chi connectivity index (χ0v) is 10.4. The summed E-state index contributed by atoms with van der Waals surface area (Å²) in [5.41, 5.74) is 2.94. The molecule has 2 aromatic rings. The monoisotopic (exact) mass is 245 g/mol. The van der Waals surface area contributed by atoms with Crippen molar-refractivity contribution in [2.45, 2.75) is 19.2 Å². The molecule has 0 saturated carbocycles. The number of halogens is 1. The lowest BCUT2D eigenvalue weighted by Crippen LogP contribution is -2.03. The molecular formula is C13H12ClN3. The van der Waals surface area contributed by atoms with Crippen molar-refractivity contribution in [2.75, 3.05) is 0 Å². The van der Waals surface area contributed by atoms with E-state index in [2.05, 4.69) is 11.2 Å². The van der Waals surface area contributed by atoms with Crippen LogP contribution < -0.4 is 0 Å². The Morgan fingerprint density at radius 2 is 2.00 bits per heavy atom. The SMILES string of the molecule is Cc1nn(-c2ccccc2)c(C(C)Cl)c1C#N. The summed E-state index contributed by atoms with van der Waals surface area (Å²) in [6.07, 6.45) is 0. The van der Waals surface area contributed by atoms with Crippen molar-refractivity contribution in [3.05, 3.63) is 47.3 Å². The van der Waals surface area contributed by atoms with Gasteiger partial charge in [0.1, 0.15) is 6.07 Å². The number of para-hydroxylation sites is 1. The number of aryl methyl sites for hydroxylation is 1. The zero-order valence-electron chi connectivity index (χ0n) is 9.68. The lowest BCUT2D eigenvalue weighted by atomic mass is 10.1. The van der Waals surface area contributed by atoms with Crippen LogP contribution in [0.1, 0.15) is 29.3 Å². The number of nitrogens with zero attached hydrogens (tertiary/aromatic N) is 3. The van der Waals surface area contributed by atoms with E-state index in [-0.39, 0.29) is 5.38 Å². The number of nitriles is 1. The molecule has 1 aromatic carbocycles. The third-order valence-corrected chi connectivity index (χ3v) is 2.79. The molecule has 0 amide bonds. The molecule has 0 aliphatic heterocycles. The Kier molecular flexibility index (Phi) is 3.16. The number of rotatable bonds is 2. The van der Waals surface area contributed by atoms with Crippen LogP contribution in [0.5, 0.6) is 0 Å². The Morgan fingerprint density at radius 1 is 1.35 bits per heavy atom. The Morgan fingerprint density at radius 3 is 2.53 bits per heavy atom. The van der Waals surface area contributed by atoms with Crippen LogP contribution in [0, 0.1) is 18.3 Å². The van der Waals surface area contributed by atoms with Gasteiger partial charge in [0.05, 0.1) is 28.0 Å². The van der Waals surface area contributed by atoms with E-state index in [1.165, 1.54) is 0 Å². The minimum Gasteiger partial charge on any atom is -0.235 e. The molecule has 86 valence electrons. The van der Waals surface area contributed by atoms with Gasteiger partial charge in [-0.15, -0.1) is 11.6 Å². The van der Waals surface area contributed by atoms with Crippen LogP contribution in [0.4, 0.5) is 0 Å². The van der Waals surface area contributed by atoms with Gasteiger partial charge in [0, 0.05) is 0 Å². The summed E-state index contributed by atoms with van der Waals surface area (Å²) in [5.74, 6) is 0. The molecule has 0 aliphatic rings. The zero-order chi connectivity index (χ0) is 12.4. The van der Waals surface area contributed by atoms with E-state index >= 15 is 0 Å². The predicted molar refractivity (Wildman–Crippen MR) is 67.3 cm³/mol. The molecule has 3 nitrogen and oxygen atoms in total.